The Kier molecular flexibility index (Phi) is 4.62. The molecule has 0 spiro atoms. The molecule has 3 rings (SSSR count). The minimum atomic E-state index is 0.244. The van der Waals surface area contributed by atoms with Crippen LogP contribution < -0.4 is 10.1 Å². The van der Waals surface area contributed by atoms with Gasteiger partial charge in [-0.2, -0.15) is 0 Å². The van der Waals surface area contributed by atoms with E-state index in [1.54, 1.807) is 7.11 Å². The van der Waals surface area contributed by atoms with Crippen LogP contribution in [0.2, 0.25) is 0 Å². The van der Waals surface area contributed by atoms with Crippen molar-refractivity contribution in [1.29, 1.82) is 0 Å². The van der Waals surface area contributed by atoms with Crippen molar-refractivity contribution >= 4 is 5.69 Å². The van der Waals surface area contributed by atoms with Gasteiger partial charge in [0.15, 0.2) is 0 Å². The Morgan fingerprint density at radius 1 is 0.739 bits per heavy atom. The van der Waals surface area contributed by atoms with Gasteiger partial charge < -0.3 is 10.1 Å². The third-order valence-corrected chi connectivity index (χ3v) is 3.99. The number of rotatable bonds is 5. The first-order valence-corrected chi connectivity index (χ1v) is 7.82. The lowest BCUT2D eigenvalue weighted by Gasteiger charge is -2.16. The lowest BCUT2D eigenvalue weighted by atomic mass is 10.0. The van der Waals surface area contributed by atoms with Crippen molar-refractivity contribution in [2.75, 3.05) is 12.4 Å². The molecule has 0 saturated heterocycles. The first-order valence-electron chi connectivity index (χ1n) is 7.82. The molecule has 0 aliphatic carbocycles. The highest BCUT2D eigenvalue weighted by molar-refractivity contribution is 5.63. The maximum atomic E-state index is 5.19. The Morgan fingerprint density at radius 2 is 1.35 bits per heavy atom. The molecule has 2 nitrogen and oxygen atoms in total. The summed E-state index contributed by atoms with van der Waals surface area (Å²) in [6.07, 6.45) is 0. The number of methoxy groups -OCH3 is 1. The maximum Gasteiger partial charge on any atom is 0.119 e. The minimum absolute atomic E-state index is 0.244. The molecule has 0 aromatic heterocycles. The fraction of sp³-hybridized carbons (Fsp3) is 0.143. The summed E-state index contributed by atoms with van der Waals surface area (Å²) in [7, 11) is 1.68. The third kappa shape index (κ3) is 3.72. The van der Waals surface area contributed by atoms with E-state index in [1.807, 2.05) is 30.3 Å². The fourth-order valence-electron chi connectivity index (χ4n) is 2.62. The summed E-state index contributed by atoms with van der Waals surface area (Å²) in [5.41, 5.74) is 4.84. The van der Waals surface area contributed by atoms with Gasteiger partial charge in [0.25, 0.3) is 0 Å². The first-order chi connectivity index (χ1) is 11.3. The van der Waals surface area contributed by atoms with Crippen molar-refractivity contribution in [2.24, 2.45) is 0 Å². The van der Waals surface area contributed by atoms with Crippen molar-refractivity contribution in [3.63, 3.8) is 0 Å². The van der Waals surface area contributed by atoms with Crippen molar-refractivity contribution in [1.82, 2.24) is 0 Å². The first kappa shape index (κ1) is 15.2. The normalized spacial score (nSPS) is 11.7. The third-order valence-electron chi connectivity index (χ3n) is 3.99. The van der Waals surface area contributed by atoms with Gasteiger partial charge in [0, 0.05) is 11.7 Å². The van der Waals surface area contributed by atoms with Gasteiger partial charge in [0.1, 0.15) is 5.75 Å². The van der Waals surface area contributed by atoms with Gasteiger partial charge in [-0.25, -0.2) is 0 Å². The molecule has 0 fully saturated rings. The average molecular weight is 303 g/mol. The second-order valence-electron chi connectivity index (χ2n) is 5.58. The topological polar surface area (TPSA) is 21.3 Å². The highest BCUT2D eigenvalue weighted by Gasteiger charge is 2.06. The van der Waals surface area contributed by atoms with Crippen LogP contribution in [0.1, 0.15) is 18.5 Å². The molecule has 3 aromatic rings. The molecule has 0 heterocycles. The van der Waals surface area contributed by atoms with Crippen LogP contribution >= 0.6 is 0 Å². The standard InChI is InChI=1S/C21H21NO/c1-16(22-20-12-14-21(23-2)15-13-20)17-8-10-19(11-9-17)18-6-4-3-5-7-18/h3-16,22H,1-2H3/t16-/m1/s1. The van der Waals surface area contributed by atoms with E-state index in [4.69, 9.17) is 4.74 Å². The molecule has 2 heteroatoms. The maximum absolute atomic E-state index is 5.19. The van der Waals surface area contributed by atoms with Crippen molar-refractivity contribution < 1.29 is 4.74 Å². The van der Waals surface area contributed by atoms with Crippen LogP contribution in [-0.2, 0) is 0 Å². The predicted molar refractivity (Wildman–Crippen MR) is 96.9 cm³/mol. The van der Waals surface area contributed by atoms with Gasteiger partial charge in [-0.15, -0.1) is 0 Å². The molecule has 1 N–H and O–H groups in total. The van der Waals surface area contributed by atoms with Gasteiger partial charge in [-0.1, -0.05) is 54.6 Å². The molecule has 116 valence electrons. The van der Waals surface area contributed by atoms with E-state index >= 15 is 0 Å². The molecule has 0 saturated carbocycles. The number of nitrogens with one attached hydrogen (secondary N) is 1. The molecule has 0 aliphatic rings. The van der Waals surface area contributed by atoms with Crippen LogP contribution in [0.25, 0.3) is 11.1 Å². The fourth-order valence-corrected chi connectivity index (χ4v) is 2.62. The Balaban J connectivity index is 1.71. The smallest absolute Gasteiger partial charge is 0.119 e. The Labute approximate surface area is 137 Å². The van der Waals surface area contributed by atoms with Crippen LogP contribution in [0, 0.1) is 0 Å². The zero-order valence-electron chi connectivity index (χ0n) is 13.5. The lowest BCUT2D eigenvalue weighted by Crippen LogP contribution is -2.06. The van der Waals surface area contributed by atoms with Crippen LogP contribution in [0.4, 0.5) is 5.69 Å². The largest absolute Gasteiger partial charge is 0.497 e. The summed E-state index contributed by atoms with van der Waals surface area (Å²) in [4.78, 5) is 0. The molecule has 1 atom stereocenters. The molecule has 0 radical (unpaired) electrons. The van der Waals surface area contributed by atoms with E-state index in [9.17, 15) is 0 Å². The molecule has 0 aliphatic heterocycles. The van der Waals surface area contributed by atoms with Gasteiger partial charge in [-0.05, 0) is 47.9 Å². The average Bonchev–Trinajstić information content (AvgIpc) is 2.63. The van der Waals surface area contributed by atoms with Crippen molar-refractivity contribution in [2.45, 2.75) is 13.0 Å². The Bertz CT molecular complexity index is 733. The highest BCUT2D eigenvalue weighted by atomic mass is 16.5. The minimum Gasteiger partial charge on any atom is -0.497 e. The van der Waals surface area contributed by atoms with Crippen LogP contribution in [0.5, 0.6) is 5.75 Å². The second-order valence-corrected chi connectivity index (χ2v) is 5.58. The molecule has 23 heavy (non-hydrogen) atoms. The van der Waals surface area contributed by atoms with E-state index in [0.29, 0.717) is 0 Å². The van der Waals surface area contributed by atoms with Gasteiger partial charge in [0.05, 0.1) is 7.11 Å². The number of hydrogen-bond donors (Lipinski definition) is 1. The summed E-state index contributed by atoms with van der Waals surface area (Å²) < 4.78 is 5.19. The summed E-state index contributed by atoms with van der Waals surface area (Å²) in [5, 5.41) is 3.51. The summed E-state index contributed by atoms with van der Waals surface area (Å²) >= 11 is 0. The van der Waals surface area contributed by atoms with E-state index in [-0.39, 0.29) is 6.04 Å². The number of anilines is 1. The highest BCUT2D eigenvalue weighted by Crippen LogP contribution is 2.24. The Morgan fingerprint density at radius 3 is 1.96 bits per heavy atom. The van der Waals surface area contributed by atoms with E-state index in [2.05, 4.69) is 60.8 Å². The van der Waals surface area contributed by atoms with E-state index < -0.39 is 0 Å². The molecular formula is C21H21NO. The zero-order valence-corrected chi connectivity index (χ0v) is 13.5. The number of hydrogen-bond acceptors (Lipinski definition) is 2. The van der Waals surface area contributed by atoms with Crippen molar-refractivity contribution in [3.8, 4) is 16.9 Å². The molecule has 0 amide bonds. The number of ether oxygens (including phenoxy) is 1. The summed E-state index contributed by atoms with van der Waals surface area (Å²) in [6.45, 7) is 2.17. The van der Waals surface area contributed by atoms with Gasteiger partial charge >= 0.3 is 0 Å². The van der Waals surface area contributed by atoms with E-state index in [0.717, 1.165) is 11.4 Å². The van der Waals surface area contributed by atoms with E-state index in [1.165, 1.54) is 16.7 Å². The van der Waals surface area contributed by atoms with Crippen LogP contribution in [0.3, 0.4) is 0 Å². The van der Waals surface area contributed by atoms with Crippen LogP contribution in [0.15, 0.2) is 78.9 Å². The zero-order chi connectivity index (χ0) is 16.1. The quantitative estimate of drug-likeness (QED) is 0.668. The van der Waals surface area contributed by atoms with Gasteiger partial charge in [-0.3, -0.25) is 0 Å². The van der Waals surface area contributed by atoms with Crippen molar-refractivity contribution in [3.05, 3.63) is 84.4 Å². The summed E-state index contributed by atoms with van der Waals surface area (Å²) in [5.74, 6) is 0.871. The van der Waals surface area contributed by atoms with Crippen LogP contribution in [-0.4, -0.2) is 7.11 Å². The van der Waals surface area contributed by atoms with Gasteiger partial charge in [0.2, 0.25) is 0 Å². The monoisotopic (exact) mass is 303 g/mol. The SMILES string of the molecule is COc1ccc(N[C@H](C)c2ccc(-c3ccccc3)cc2)cc1. The molecule has 3 aromatic carbocycles. The molecular weight excluding hydrogens is 282 g/mol. The lowest BCUT2D eigenvalue weighted by molar-refractivity contribution is 0.415. The second kappa shape index (κ2) is 7.01. The number of benzene rings is 3. The Hall–Kier alpha value is -2.74. The predicted octanol–water partition coefficient (Wildman–Crippen LogP) is 5.54. The molecule has 0 unspecified atom stereocenters. The summed E-state index contributed by atoms with van der Waals surface area (Å²) in [6, 6.07) is 27.4. The molecule has 0 bridgehead atoms.